The van der Waals surface area contributed by atoms with E-state index in [0.717, 1.165) is 128 Å². The summed E-state index contributed by atoms with van der Waals surface area (Å²) >= 11 is 0. The number of esters is 3. The number of carbonyl (C=O) groups excluding carboxylic acids is 3. The maximum atomic E-state index is 12.8. The summed E-state index contributed by atoms with van der Waals surface area (Å²) in [6.07, 6.45) is 81.1. The highest BCUT2D eigenvalue weighted by molar-refractivity contribution is 5.71. The third-order valence-corrected chi connectivity index (χ3v) is 12.5. The maximum absolute atomic E-state index is 12.8. The Morgan fingerprint density at radius 1 is 0.292 bits per heavy atom. The average molecular weight is 1000 g/mol. The van der Waals surface area contributed by atoms with Gasteiger partial charge in [0.2, 0.25) is 0 Å². The fourth-order valence-electron chi connectivity index (χ4n) is 7.99. The van der Waals surface area contributed by atoms with Gasteiger partial charge >= 0.3 is 17.9 Å². The number of carbonyl (C=O) groups is 3. The Balaban J connectivity index is 4.12. The van der Waals surface area contributed by atoms with Crippen LogP contribution in [0.25, 0.3) is 0 Å². The highest BCUT2D eigenvalue weighted by Gasteiger charge is 2.19. The first kappa shape index (κ1) is 68.1. The molecule has 0 heterocycles. The normalized spacial score (nSPS) is 12.9. The van der Waals surface area contributed by atoms with Crippen molar-refractivity contribution in [2.75, 3.05) is 13.2 Å². The summed E-state index contributed by atoms with van der Waals surface area (Å²) in [6, 6.07) is 0. The SMILES string of the molecule is CC/C=C\C/C=C\C/C=C\C/C=C\C/C=C\C/C=C\C/C=C\CCCCCCCCCCCCCC(=O)OCC(COC(=O)CCCCCCC/C=C\CCC)OC(=O)CCCCCCC/C=C\CCCC. The zero-order valence-electron chi connectivity index (χ0n) is 46.9. The van der Waals surface area contributed by atoms with Gasteiger partial charge in [-0.15, -0.1) is 0 Å². The lowest BCUT2D eigenvalue weighted by Crippen LogP contribution is -2.30. The Hall–Kier alpha value is -3.93. The minimum absolute atomic E-state index is 0.0852. The van der Waals surface area contributed by atoms with Crippen LogP contribution in [0.3, 0.4) is 0 Å². The second kappa shape index (κ2) is 59.6. The van der Waals surface area contributed by atoms with Gasteiger partial charge in [0.05, 0.1) is 0 Å². The third kappa shape index (κ3) is 57.0. The van der Waals surface area contributed by atoms with Gasteiger partial charge < -0.3 is 14.2 Å². The van der Waals surface area contributed by atoms with Crippen molar-refractivity contribution in [3.63, 3.8) is 0 Å². The molecule has 6 heteroatoms. The smallest absolute Gasteiger partial charge is 0.306 e. The van der Waals surface area contributed by atoms with Crippen LogP contribution in [0.1, 0.15) is 271 Å². The molecule has 0 rings (SSSR count). The zero-order chi connectivity index (χ0) is 52.2. The van der Waals surface area contributed by atoms with Crippen molar-refractivity contribution in [3.8, 4) is 0 Å². The largest absolute Gasteiger partial charge is 0.462 e. The number of hydrogen-bond donors (Lipinski definition) is 0. The van der Waals surface area contributed by atoms with Gasteiger partial charge in [-0.2, -0.15) is 0 Å². The second-order valence-electron chi connectivity index (χ2n) is 19.5. The summed E-state index contributed by atoms with van der Waals surface area (Å²) in [4.78, 5) is 38.0. The summed E-state index contributed by atoms with van der Waals surface area (Å²) in [5.74, 6) is -0.909. The van der Waals surface area contributed by atoms with Crippen LogP contribution in [0.5, 0.6) is 0 Å². The Morgan fingerprint density at radius 2 is 0.569 bits per heavy atom. The topological polar surface area (TPSA) is 78.9 Å². The van der Waals surface area contributed by atoms with Crippen LogP contribution >= 0.6 is 0 Å². The Bertz CT molecular complexity index is 1470. The second-order valence-corrected chi connectivity index (χ2v) is 19.5. The number of unbranched alkanes of at least 4 members (excludes halogenated alkanes) is 24. The van der Waals surface area contributed by atoms with E-state index in [1.807, 2.05) is 0 Å². The molecule has 0 fully saturated rings. The molecule has 0 aliphatic rings. The molecule has 410 valence electrons. The van der Waals surface area contributed by atoms with E-state index in [1.54, 1.807) is 0 Å². The van der Waals surface area contributed by atoms with Crippen molar-refractivity contribution in [1.29, 1.82) is 0 Å². The predicted molar refractivity (Wildman–Crippen MR) is 311 cm³/mol. The molecule has 0 N–H and O–H groups in total. The Morgan fingerprint density at radius 3 is 0.917 bits per heavy atom. The van der Waals surface area contributed by atoms with Crippen LogP contribution in [0, 0.1) is 0 Å². The average Bonchev–Trinajstić information content (AvgIpc) is 3.38. The van der Waals surface area contributed by atoms with E-state index >= 15 is 0 Å². The summed E-state index contributed by atoms with van der Waals surface area (Å²) in [7, 11) is 0. The minimum Gasteiger partial charge on any atom is -0.462 e. The molecular formula is C66H110O6. The Kier molecular flexibility index (Phi) is 56.4. The standard InChI is InChI=1S/C66H110O6/c1-4-7-10-13-16-19-22-23-24-25-26-27-28-29-30-31-32-33-34-35-36-37-38-39-40-41-42-43-45-47-50-53-56-59-65(68)71-62-63(61-70-64(67)58-55-52-49-46-21-18-15-12-9-6-3)72-66(69)60-57-54-51-48-44-20-17-14-11-8-5-2/h7,10,12,14-17,19,23-24,26-27,29-30,32-33,35-36,63H,4-6,8-9,11,13,18,20-22,25,28,31,34,37-62H2,1-3H3/b10-7-,15-12-,17-14-,19-16-,24-23-,27-26-,30-29-,33-32-,36-35-. The van der Waals surface area contributed by atoms with Crippen LogP contribution in [-0.2, 0) is 28.6 Å². The van der Waals surface area contributed by atoms with Crippen LogP contribution < -0.4 is 0 Å². The highest BCUT2D eigenvalue weighted by atomic mass is 16.6. The fraction of sp³-hybridized carbons (Fsp3) is 0.682. The molecule has 0 aromatic heterocycles. The van der Waals surface area contributed by atoms with Crippen LogP contribution in [0.15, 0.2) is 109 Å². The summed E-state index contributed by atoms with van der Waals surface area (Å²) in [5.41, 5.74) is 0. The van der Waals surface area contributed by atoms with E-state index in [-0.39, 0.29) is 31.1 Å². The van der Waals surface area contributed by atoms with Crippen molar-refractivity contribution >= 4 is 17.9 Å². The number of hydrogen-bond acceptors (Lipinski definition) is 6. The van der Waals surface area contributed by atoms with Crippen LogP contribution in [0.2, 0.25) is 0 Å². The quantitative estimate of drug-likeness (QED) is 0.0261. The molecule has 6 nitrogen and oxygen atoms in total. The molecule has 72 heavy (non-hydrogen) atoms. The first-order valence-electron chi connectivity index (χ1n) is 29.9. The molecule has 0 amide bonds. The lowest BCUT2D eigenvalue weighted by molar-refractivity contribution is -0.167. The predicted octanol–water partition coefficient (Wildman–Crippen LogP) is 20.3. The number of allylic oxidation sites excluding steroid dienone is 18. The number of ether oxygens (including phenoxy) is 3. The third-order valence-electron chi connectivity index (χ3n) is 12.5. The molecule has 0 radical (unpaired) electrons. The monoisotopic (exact) mass is 999 g/mol. The first-order valence-corrected chi connectivity index (χ1v) is 29.9. The van der Waals surface area contributed by atoms with E-state index in [2.05, 4.69) is 130 Å². The molecule has 1 atom stereocenters. The van der Waals surface area contributed by atoms with Gasteiger partial charge in [-0.3, -0.25) is 14.4 Å². The molecule has 0 aromatic rings. The number of rotatable bonds is 53. The molecule has 0 saturated carbocycles. The van der Waals surface area contributed by atoms with Gasteiger partial charge in [0.15, 0.2) is 6.10 Å². The molecule has 0 aromatic carbocycles. The molecular weight excluding hydrogens is 889 g/mol. The molecule has 1 unspecified atom stereocenters. The lowest BCUT2D eigenvalue weighted by atomic mass is 10.0. The van der Waals surface area contributed by atoms with Gasteiger partial charge in [0.25, 0.3) is 0 Å². The van der Waals surface area contributed by atoms with Gasteiger partial charge in [0.1, 0.15) is 13.2 Å². The van der Waals surface area contributed by atoms with Gasteiger partial charge in [0, 0.05) is 19.3 Å². The van der Waals surface area contributed by atoms with E-state index in [0.29, 0.717) is 19.3 Å². The van der Waals surface area contributed by atoms with Crippen LogP contribution in [0.4, 0.5) is 0 Å². The minimum atomic E-state index is -0.785. The van der Waals surface area contributed by atoms with E-state index in [9.17, 15) is 14.4 Å². The molecule has 0 spiro atoms. The van der Waals surface area contributed by atoms with Crippen molar-refractivity contribution in [3.05, 3.63) is 109 Å². The van der Waals surface area contributed by atoms with E-state index in [4.69, 9.17) is 14.2 Å². The molecule has 0 saturated heterocycles. The zero-order valence-corrected chi connectivity index (χ0v) is 46.9. The molecule has 0 aliphatic carbocycles. The van der Waals surface area contributed by atoms with Crippen molar-refractivity contribution in [1.82, 2.24) is 0 Å². The first-order chi connectivity index (χ1) is 35.5. The summed E-state index contributed by atoms with van der Waals surface area (Å²) < 4.78 is 16.8. The van der Waals surface area contributed by atoms with E-state index < -0.39 is 6.10 Å². The maximum Gasteiger partial charge on any atom is 0.306 e. The van der Waals surface area contributed by atoms with Gasteiger partial charge in [-0.05, 0) is 116 Å². The lowest BCUT2D eigenvalue weighted by Gasteiger charge is -2.18. The summed E-state index contributed by atoms with van der Waals surface area (Å²) in [5, 5.41) is 0. The van der Waals surface area contributed by atoms with Gasteiger partial charge in [-0.1, -0.05) is 246 Å². The van der Waals surface area contributed by atoms with Gasteiger partial charge in [-0.25, -0.2) is 0 Å². The summed E-state index contributed by atoms with van der Waals surface area (Å²) in [6.45, 7) is 6.41. The molecule has 0 aliphatic heterocycles. The van der Waals surface area contributed by atoms with Crippen molar-refractivity contribution < 1.29 is 28.6 Å². The van der Waals surface area contributed by atoms with E-state index in [1.165, 1.54) is 103 Å². The molecule has 0 bridgehead atoms. The Labute approximate surface area is 444 Å². The van der Waals surface area contributed by atoms with Crippen LogP contribution in [-0.4, -0.2) is 37.2 Å². The fourth-order valence-corrected chi connectivity index (χ4v) is 7.99. The van der Waals surface area contributed by atoms with Crippen molar-refractivity contribution in [2.45, 2.75) is 277 Å². The highest BCUT2D eigenvalue weighted by Crippen LogP contribution is 2.15. The van der Waals surface area contributed by atoms with Crippen molar-refractivity contribution in [2.24, 2.45) is 0 Å².